The summed E-state index contributed by atoms with van der Waals surface area (Å²) in [6.45, 7) is 3.10. The Labute approximate surface area is 165 Å². The first-order chi connectivity index (χ1) is 13.5. The molecule has 2 atom stereocenters. The molecule has 0 spiro atoms. The van der Waals surface area contributed by atoms with Gasteiger partial charge in [-0.15, -0.1) is 0 Å². The van der Waals surface area contributed by atoms with E-state index in [1.807, 2.05) is 37.3 Å². The molecule has 0 saturated carbocycles. The molecule has 1 heterocycles. The van der Waals surface area contributed by atoms with Crippen LogP contribution in [0.5, 0.6) is 0 Å². The molecule has 0 radical (unpaired) electrons. The molecule has 1 aliphatic heterocycles. The number of carboxylic acid groups (broad SMARTS) is 1. The van der Waals surface area contributed by atoms with Crippen LogP contribution in [0.15, 0.2) is 30.3 Å². The fourth-order valence-electron chi connectivity index (χ4n) is 3.49. The minimum absolute atomic E-state index is 0.0103. The lowest BCUT2D eigenvalue weighted by molar-refractivity contribution is -0.145. The van der Waals surface area contributed by atoms with Gasteiger partial charge in [0.05, 0.1) is 12.3 Å². The third-order valence-electron chi connectivity index (χ3n) is 5.08. The van der Waals surface area contributed by atoms with Crippen LogP contribution in [0.2, 0.25) is 0 Å². The predicted molar refractivity (Wildman–Crippen MR) is 105 cm³/mol. The first-order valence-electron chi connectivity index (χ1n) is 9.92. The van der Waals surface area contributed by atoms with Crippen molar-refractivity contribution >= 4 is 17.8 Å². The molecule has 0 aromatic heterocycles. The van der Waals surface area contributed by atoms with Crippen LogP contribution in [-0.4, -0.2) is 48.7 Å². The molecule has 1 aliphatic rings. The summed E-state index contributed by atoms with van der Waals surface area (Å²) in [5, 5.41) is 15.0. The van der Waals surface area contributed by atoms with Gasteiger partial charge in [0.2, 0.25) is 11.8 Å². The van der Waals surface area contributed by atoms with E-state index in [1.54, 1.807) is 0 Å². The number of hydrogen-bond acceptors (Lipinski definition) is 4. The van der Waals surface area contributed by atoms with Crippen LogP contribution in [0.1, 0.15) is 38.2 Å². The Balaban J connectivity index is 1.89. The van der Waals surface area contributed by atoms with Crippen LogP contribution in [0.25, 0.3) is 0 Å². The molecular formula is C21H30N2O5. The molecule has 28 heavy (non-hydrogen) atoms. The SMILES string of the molecule is CCCC(NC(=O)Cc1ccccc1)C(=O)NCC(C(=O)O)C1CCOCC1. The quantitative estimate of drug-likeness (QED) is 0.565. The number of carbonyl (C=O) groups excluding carboxylic acids is 2. The second-order valence-electron chi connectivity index (χ2n) is 7.21. The van der Waals surface area contributed by atoms with E-state index in [4.69, 9.17) is 4.74 Å². The van der Waals surface area contributed by atoms with Gasteiger partial charge in [0.1, 0.15) is 6.04 Å². The second-order valence-corrected chi connectivity index (χ2v) is 7.21. The third-order valence-corrected chi connectivity index (χ3v) is 5.08. The maximum absolute atomic E-state index is 12.6. The number of nitrogens with one attached hydrogen (secondary N) is 2. The van der Waals surface area contributed by atoms with Crippen LogP contribution >= 0.6 is 0 Å². The van der Waals surface area contributed by atoms with Gasteiger partial charge in [-0.25, -0.2) is 0 Å². The number of rotatable bonds is 10. The summed E-state index contributed by atoms with van der Waals surface area (Å²) in [6, 6.07) is 8.67. The molecule has 1 saturated heterocycles. The number of benzene rings is 1. The van der Waals surface area contributed by atoms with Crippen LogP contribution in [0.3, 0.4) is 0 Å². The van der Waals surface area contributed by atoms with E-state index in [9.17, 15) is 19.5 Å². The first kappa shape index (κ1) is 21.9. The Morgan fingerprint density at radius 3 is 2.46 bits per heavy atom. The molecule has 2 unspecified atom stereocenters. The van der Waals surface area contributed by atoms with E-state index in [-0.39, 0.29) is 30.7 Å². The van der Waals surface area contributed by atoms with Crippen molar-refractivity contribution in [2.75, 3.05) is 19.8 Å². The average molecular weight is 390 g/mol. The Bertz CT molecular complexity index is 643. The summed E-state index contributed by atoms with van der Waals surface area (Å²) in [5.41, 5.74) is 0.876. The number of carboxylic acids is 1. The zero-order valence-electron chi connectivity index (χ0n) is 16.4. The van der Waals surface area contributed by atoms with Gasteiger partial charge in [-0.2, -0.15) is 0 Å². The Kier molecular flexibility index (Phi) is 8.94. The van der Waals surface area contributed by atoms with Gasteiger partial charge in [-0.1, -0.05) is 43.7 Å². The lowest BCUT2D eigenvalue weighted by atomic mass is 9.86. The van der Waals surface area contributed by atoms with Gasteiger partial charge in [-0.05, 0) is 30.7 Å². The maximum Gasteiger partial charge on any atom is 0.308 e. The molecule has 0 bridgehead atoms. The highest BCUT2D eigenvalue weighted by Crippen LogP contribution is 2.23. The fourth-order valence-corrected chi connectivity index (χ4v) is 3.49. The number of hydrogen-bond donors (Lipinski definition) is 3. The zero-order valence-corrected chi connectivity index (χ0v) is 16.4. The van der Waals surface area contributed by atoms with Crippen molar-refractivity contribution in [1.82, 2.24) is 10.6 Å². The molecule has 3 N–H and O–H groups in total. The van der Waals surface area contributed by atoms with E-state index in [0.717, 1.165) is 12.0 Å². The van der Waals surface area contributed by atoms with Crippen molar-refractivity contribution in [3.8, 4) is 0 Å². The Morgan fingerprint density at radius 2 is 1.86 bits per heavy atom. The maximum atomic E-state index is 12.6. The molecule has 1 aromatic rings. The summed E-state index contributed by atoms with van der Waals surface area (Å²) in [4.78, 5) is 36.5. The van der Waals surface area contributed by atoms with Gasteiger partial charge in [0.25, 0.3) is 0 Å². The van der Waals surface area contributed by atoms with Crippen molar-refractivity contribution in [2.24, 2.45) is 11.8 Å². The van der Waals surface area contributed by atoms with E-state index >= 15 is 0 Å². The van der Waals surface area contributed by atoms with Crippen LogP contribution in [-0.2, 0) is 25.5 Å². The molecule has 7 nitrogen and oxygen atoms in total. The molecule has 1 aromatic carbocycles. The largest absolute Gasteiger partial charge is 0.481 e. The number of ether oxygens (including phenoxy) is 1. The monoisotopic (exact) mass is 390 g/mol. The number of amides is 2. The van der Waals surface area contributed by atoms with Gasteiger partial charge >= 0.3 is 5.97 Å². The van der Waals surface area contributed by atoms with Crippen LogP contribution in [0.4, 0.5) is 0 Å². The lowest BCUT2D eigenvalue weighted by Gasteiger charge is -2.28. The number of carbonyl (C=O) groups is 3. The van der Waals surface area contributed by atoms with E-state index in [0.29, 0.717) is 32.5 Å². The molecule has 154 valence electrons. The highest BCUT2D eigenvalue weighted by atomic mass is 16.5. The van der Waals surface area contributed by atoms with Gasteiger partial charge in [-0.3, -0.25) is 14.4 Å². The summed E-state index contributed by atoms with van der Waals surface area (Å²) in [5.74, 6) is -2.12. The normalized spacial score (nSPS) is 16.8. The van der Waals surface area contributed by atoms with Crippen molar-refractivity contribution in [3.63, 3.8) is 0 Å². The van der Waals surface area contributed by atoms with Gasteiger partial charge < -0.3 is 20.5 Å². The molecule has 2 rings (SSSR count). The lowest BCUT2D eigenvalue weighted by Crippen LogP contribution is -2.49. The zero-order chi connectivity index (χ0) is 20.4. The molecule has 0 aliphatic carbocycles. The van der Waals surface area contributed by atoms with Crippen molar-refractivity contribution in [3.05, 3.63) is 35.9 Å². The van der Waals surface area contributed by atoms with Crippen LogP contribution in [0, 0.1) is 11.8 Å². The van der Waals surface area contributed by atoms with Crippen LogP contribution < -0.4 is 10.6 Å². The van der Waals surface area contributed by atoms with Crippen molar-refractivity contribution in [2.45, 2.75) is 45.1 Å². The van der Waals surface area contributed by atoms with E-state index < -0.39 is 17.9 Å². The Hall–Kier alpha value is -2.41. The molecule has 1 fully saturated rings. The van der Waals surface area contributed by atoms with E-state index in [2.05, 4.69) is 10.6 Å². The molecule has 2 amide bonds. The highest BCUT2D eigenvalue weighted by molar-refractivity contribution is 5.88. The van der Waals surface area contributed by atoms with E-state index in [1.165, 1.54) is 0 Å². The Morgan fingerprint density at radius 1 is 1.18 bits per heavy atom. The van der Waals surface area contributed by atoms with Gasteiger partial charge in [0, 0.05) is 19.8 Å². The minimum atomic E-state index is -0.910. The summed E-state index contributed by atoms with van der Waals surface area (Å²) in [7, 11) is 0. The molecule has 7 heteroatoms. The topological polar surface area (TPSA) is 105 Å². The third kappa shape index (κ3) is 6.96. The standard InChI is InChI=1S/C21H30N2O5/c1-2-6-18(23-19(24)13-15-7-4-3-5-8-15)20(25)22-14-17(21(26)27)16-9-11-28-12-10-16/h3-5,7-8,16-18H,2,6,9-14H2,1H3,(H,22,25)(H,23,24)(H,26,27). The second kappa shape index (κ2) is 11.4. The number of aliphatic carboxylic acids is 1. The minimum Gasteiger partial charge on any atom is -0.481 e. The summed E-state index contributed by atoms with van der Waals surface area (Å²) < 4.78 is 5.29. The highest BCUT2D eigenvalue weighted by Gasteiger charge is 2.31. The summed E-state index contributed by atoms with van der Waals surface area (Å²) in [6.07, 6.45) is 2.79. The predicted octanol–water partition coefficient (Wildman–Crippen LogP) is 1.76. The van der Waals surface area contributed by atoms with Crippen molar-refractivity contribution in [1.29, 1.82) is 0 Å². The average Bonchev–Trinajstić information content (AvgIpc) is 2.69. The van der Waals surface area contributed by atoms with Crippen molar-refractivity contribution < 1.29 is 24.2 Å². The first-order valence-corrected chi connectivity index (χ1v) is 9.92. The summed E-state index contributed by atoms with van der Waals surface area (Å²) >= 11 is 0. The molecular weight excluding hydrogens is 360 g/mol. The smallest absolute Gasteiger partial charge is 0.308 e. The fraction of sp³-hybridized carbons (Fsp3) is 0.571. The van der Waals surface area contributed by atoms with Gasteiger partial charge in [0.15, 0.2) is 0 Å².